The van der Waals surface area contributed by atoms with E-state index in [0.717, 1.165) is 16.5 Å². The standard InChI is InChI=1S/C17H16N2O4S/c1-24(22,23)15-6-2-12(3-7-15)11-19-9-8-13-4-5-14(10-16(13)19)17(20)18-21/h2-10,21H,11H2,1H3,(H,18,20). The van der Waals surface area contributed by atoms with Crippen LogP contribution in [-0.2, 0) is 16.4 Å². The number of hydroxylamine groups is 1. The van der Waals surface area contributed by atoms with E-state index in [9.17, 15) is 13.2 Å². The Kier molecular flexibility index (Phi) is 4.13. The molecular formula is C17H16N2O4S. The Morgan fingerprint density at radius 3 is 2.46 bits per heavy atom. The van der Waals surface area contributed by atoms with E-state index in [1.807, 2.05) is 22.9 Å². The summed E-state index contributed by atoms with van der Waals surface area (Å²) in [5.74, 6) is -0.567. The predicted octanol–water partition coefficient (Wildman–Crippen LogP) is 2.21. The minimum Gasteiger partial charge on any atom is -0.343 e. The first-order valence-electron chi connectivity index (χ1n) is 7.21. The molecule has 3 rings (SSSR count). The zero-order valence-corrected chi connectivity index (χ0v) is 13.7. The number of amides is 1. The molecule has 3 aromatic rings. The molecular weight excluding hydrogens is 328 g/mol. The molecule has 0 saturated carbocycles. The molecule has 6 nitrogen and oxygen atoms in total. The van der Waals surface area contributed by atoms with Crippen molar-refractivity contribution in [1.82, 2.24) is 10.0 Å². The Morgan fingerprint density at radius 2 is 1.83 bits per heavy atom. The molecule has 2 aromatic carbocycles. The lowest BCUT2D eigenvalue weighted by atomic mass is 10.1. The molecule has 7 heteroatoms. The van der Waals surface area contributed by atoms with Gasteiger partial charge in [0.2, 0.25) is 0 Å². The van der Waals surface area contributed by atoms with Crippen LogP contribution in [0, 0.1) is 0 Å². The largest absolute Gasteiger partial charge is 0.343 e. The predicted molar refractivity (Wildman–Crippen MR) is 89.8 cm³/mol. The fourth-order valence-corrected chi connectivity index (χ4v) is 3.20. The number of hydrogen-bond donors (Lipinski definition) is 2. The van der Waals surface area contributed by atoms with Crippen molar-refractivity contribution in [3.05, 3.63) is 65.9 Å². The molecule has 24 heavy (non-hydrogen) atoms. The van der Waals surface area contributed by atoms with Crippen LogP contribution in [0.5, 0.6) is 0 Å². The van der Waals surface area contributed by atoms with Crippen molar-refractivity contribution in [2.24, 2.45) is 0 Å². The van der Waals surface area contributed by atoms with Gasteiger partial charge in [0, 0.05) is 30.1 Å². The van der Waals surface area contributed by atoms with Gasteiger partial charge in [0.05, 0.1) is 4.90 Å². The number of hydrogen-bond acceptors (Lipinski definition) is 4. The van der Waals surface area contributed by atoms with Gasteiger partial charge < -0.3 is 4.57 Å². The number of fused-ring (bicyclic) bond motifs is 1. The molecule has 0 fully saturated rings. The van der Waals surface area contributed by atoms with Crippen LogP contribution in [0.25, 0.3) is 10.9 Å². The Morgan fingerprint density at radius 1 is 1.12 bits per heavy atom. The highest BCUT2D eigenvalue weighted by atomic mass is 32.2. The summed E-state index contributed by atoms with van der Waals surface area (Å²) in [5, 5.41) is 9.72. The van der Waals surface area contributed by atoms with Gasteiger partial charge in [-0.25, -0.2) is 13.9 Å². The number of aromatic nitrogens is 1. The summed E-state index contributed by atoms with van der Waals surface area (Å²) in [5.41, 5.74) is 3.77. The lowest BCUT2D eigenvalue weighted by Gasteiger charge is -2.08. The van der Waals surface area contributed by atoms with E-state index in [1.165, 1.54) is 6.26 Å². The summed E-state index contributed by atoms with van der Waals surface area (Å²) in [6.07, 6.45) is 3.07. The molecule has 1 heterocycles. The van der Waals surface area contributed by atoms with E-state index in [-0.39, 0.29) is 4.90 Å². The van der Waals surface area contributed by atoms with Crippen LogP contribution in [0.15, 0.2) is 59.6 Å². The van der Waals surface area contributed by atoms with Crippen molar-refractivity contribution in [2.45, 2.75) is 11.4 Å². The van der Waals surface area contributed by atoms with Gasteiger partial charge in [-0.3, -0.25) is 10.0 Å². The molecule has 0 unspecified atom stereocenters. The Hall–Kier alpha value is -2.64. The minimum absolute atomic E-state index is 0.283. The molecule has 0 radical (unpaired) electrons. The highest BCUT2D eigenvalue weighted by molar-refractivity contribution is 7.90. The number of sulfone groups is 1. The fraction of sp³-hybridized carbons (Fsp3) is 0.118. The maximum absolute atomic E-state index is 11.6. The van der Waals surface area contributed by atoms with E-state index in [1.54, 1.807) is 41.9 Å². The summed E-state index contributed by atoms with van der Waals surface area (Å²) in [7, 11) is -3.21. The average Bonchev–Trinajstić information content (AvgIpc) is 2.96. The maximum atomic E-state index is 11.6. The van der Waals surface area contributed by atoms with Crippen molar-refractivity contribution in [2.75, 3.05) is 6.26 Å². The quantitative estimate of drug-likeness (QED) is 0.561. The van der Waals surface area contributed by atoms with Gasteiger partial charge in [0.15, 0.2) is 9.84 Å². The van der Waals surface area contributed by atoms with Crippen LogP contribution in [0.4, 0.5) is 0 Å². The molecule has 0 atom stereocenters. The van der Waals surface area contributed by atoms with Crippen molar-refractivity contribution >= 4 is 26.6 Å². The summed E-state index contributed by atoms with van der Waals surface area (Å²) in [4.78, 5) is 11.8. The van der Waals surface area contributed by atoms with Crippen LogP contribution in [-0.4, -0.2) is 30.4 Å². The third-order valence-corrected chi connectivity index (χ3v) is 4.97. The first-order chi connectivity index (χ1) is 11.4. The molecule has 1 aromatic heterocycles. The second-order valence-electron chi connectivity index (χ2n) is 5.57. The molecule has 0 aliphatic carbocycles. The molecule has 1 amide bonds. The number of carbonyl (C=O) groups excluding carboxylic acids is 1. The van der Waals surface area contributed by atoms with Gasteiger partial charge in [-0.1, -0.05) is 18.2 Å². The van der Waals surface area contributed by atoms with E-state index in [4.69, 9.17) is 5.21 Å². The lowest BCUT2D eigenvalue weighted by Crippen LogP contribution is -2.18. The van der Waals surface area contributed by atoms with Crippen molar-refractivity contribution in [3.8, 4) is 0 Å². The molecule has 0 aliphatic heterocycles. The third-order valence-electron chi connectivity index (χ3n) is 3.84. The second kappa shape index (κ2) is 6.10. The van der Waals surface area contributed by atoms with Crippen LogP contribution in [0.1, 0.15) is 15.9 Å². The summed E-state index contributed by atoms with van der Waals surface area (Å²) >= 11 is 0. The van der Waals surface area contributed by atoms with Crippen LogP contribution >= 0.6 is 0 Å². The Bertz CT molecular complexity index is 1000. The van der Waals surface area contributed by atoms with E-state index in [2.05, 4.69) is 0 Å². The van der Waals surface area contributed by atoms with Crippen molar-refractivity contribution in [1.29, 1.82) is 0 Å². The normalized spacial score (nSPS) is 11.6. The summed E-state index contributed by atoms with van der Waals surface area (Å²) in [6, 6.07) is 13.8. The molecule has 2 N–H and O–H groups in total. The Balaban J connectivity index is 1.93. The fourth-order valence-electron chi connectivity index (χ4n) is 2.57. The SMILES string of the molecule is CS(=O)(=O)c1ccc(Cn2ccc3ccc(C(=O)NO)cc32)cc1. The summed E-state index contributed by atoms with van der Waals surface area (Å²) in [6.45, 7) is 0.539. The van der Waals surface area contributed by atoms with Gasteiger partial charge in [-0.05, 0) is 41.3 Å². The Labute approximate surface area is 139 Å². The van der Waals surface area contributed by atoms with Crippen LogP contribution in [0.3, 0.4) is 0 Å². The van der Waals surface area contributed by atoms with Crippen molar-refractivity contribution < 1.29 is 18.4 Å². The first kappa shape index (κ1) is 16.2. The molecule has 0 aliphatic rings. The lowest BCUT2D eigenvalue weighted by molar-refractivity contribution is 0.0706. The van der Waals surface area contributed by atoms with Gasteiger partial charge >= 0.3 is 0 Å². The molecule has 124 valence electrons. The maximum Gasteiger partial charge on any atom is 0.274 e. The smallest absolute Gasteiger partial charge is 0.274 e. The zero-order valence-electron chi connectivity index (χ0n) is 12.9. The minimum atomic E-state index is -3.21. The van der Waals surface area contributed by atoms with E-state index in [0.29, 0.717) is 12.1 Å². The molecule has 0 saturated heterocycles. The number of nitrogens with zero attached hydrogens (tertiary/aromatic N) is 1. The third kappa shape index (κ3) is 3.17. The highest BCUT2D eigenvalue weighted by Gasteiger charge is 2.09. The molecule has 0 bridgehead atoms. The number of rotatable bonds is 4. The second-order valence-corrected chi connectivity index (χ2v) is 7.59. The van der Waals surface area contributed by atoms with E-state index < -0.39 is 15.7 Å². The van der Waals surface area contributed by atoms with Crippen molar-refractivity contribution in [3.63, 3.8) is 0 Å². The highest BCUT2D eigenvalue weighted by Crippen LogP contribution is 2.20. The monoisotopic (exact) mass is 344 g/mol. The van der Waals surface area contributed by atoms with Crippen LogP contribution in [0.2, 0.25) is 0 Å². The van der Waals surface area contributed by atoms with Gasteiger partial charge in [0.25, 0.3) is 5.91 Å². The number of nitrogens with one attached hydrogen (secondary N) is 1. The van der Waals surface area contributed by atoms with Gasteiger partial charge in [-0.15, -0.1) is 0 Å². The molecule has 0 spiro atoms. The van der Waals surface area contributed by atoms with Gasteiger partial charge in [-0.2, -0.15) is 0 Å². The zero-order chi connectivity index (χ0) is 17.3. The van der Waals surface area contributed by atoms with Gasteiger partial charge in [0.1, 0.15) is 0 Å². The van der Waals surface area contributed by atoms with E-state index >= 15 is 0 Å². The average molecular weight is 344 g/mol. The summed E-state index contributed by atoms with van der Waals surface area (Å²) < 4.78 is 25.0. The topological polar surface area (TPSA) is 88.4 Å². The number of benzene rings is 2. The number of carbonyl (C=O) groups is 1. The van der Waals surface area contributed by atoms with Crippen LogP contribution < -0.4 is 5.48 Å². The first-order valence-corrected chi connectivity index (χ1v) is 9.10.